The third kappa shape index (κ3) is 3.12. The van der Waals surface area contributed by atoms with E-state index in [2.05, 4.69) is 0 Å². The number of rotatable bonds is 3. The summed E-state index contributed by atoms with van der Waals surface area (Å²) in [5.41, 5.74) is 2.65. The van der Waals surface area contributed by atoms with Gasteiger partial charge in [0.05, 0.1) is 6.07 Å². The van der Waals surface area contributed by atoms with E-state index in [4.69, 9.17) is 11.6 Å². The standard InChI is InChI=1S/C17H13ClFNO/c1-10-3-5-13(11(2)7-10)17(21)15(9-20)14-6-4-12(19)8-16(14)18/h3-8,15H,1-2H3. The Kier molecular flexibility index (Phi) is 4.40. The first kappa shape index (κ1) is 15.2. The quantitative estimate of drug-likeness (QED) is 0.778. The molecule has 0 radical (unpaired) electrons. The highest BCUT2D eigenvalue weighted by Crippen LogP contribution is 2.29. The fourth-order valence-corrected chi connectivity index (χ4v) is 2.53. The normalized spacial score (nSPS) is 11.8. The van der Waals surface area contributed by atoms with Crippen LogP contribution in [0.25, 0.3) is 0 Å². The molecule has 0 fully saturated rings. The van der Waals surface area contributed by atoms with Crippen LogP contribution < -0.4 is 0 Å². The lowest BCUT2D eigenvalue weighted by molar-refractivity contribution is 0.0978. The average Bonchev–Trinajstić information content (AvgIpc) is 2.41. The summed E-state index contributed by atoms with van der Waals surface area (Å²) in [6, 6.07) is 11.1. The molecular formula is C17H13ClFNO. The highest BCUT2D eigenvalue weighted by Gasteiger charge is 2.25. The van der Waals surface area contributed by atoms with Crippen molar-refractivity contribution in [2.75, 3.05) is 0 Å². The van der Waals surface area contributed by atoms with Crippen molar-refractivity contribution in [3.63, 3.8) is 0 Å². The maximum Gasteiger partial charge on any atom is 0.184 e. The van der Waals surface area contributed by atoms with Gasteiger partial charge in [0.25, 0.3) is 0 Å². The molecule has 1 unspecified atom stereocenters. The number of nitriles is 1. The zero-order chi connectivity index (χ0) is 15.6. The van der Waals surface area contributed by atoms with Gasteiger partial charge in [-0.25, -0.2) is 4.39 Å². The number of hydrogen-bond donors (Lipinski definition) is 0. The number of ketones is 1. The molecule has 0 aliphatic rings. The van der Waals surface area contributed by atoms with Crippen LogP contribution in [0, 0.1) is 31.0 Å². The topological polar surface area (TPSA) is 40.9 Å². The van der Waals surface area contributed by atoms with Crippen molar-refractivity contribution < 1.29 is 9.18 Å². The Labute approximate surface area is 127 Å². The van der Waals surface area contributed by atoms with E-state index in [1.54, 1.807) is 6.07 Å². The molecule has 1 atom stereocenters. The van der Waals surface area contributed by atoms with Crippen molar-refractivity contribution in [2.45, 2.75) is 19.8 Å². The molecule has 0 aromatic heterocycles. The summed E-state index contributed by atoms with van der Waals surface area (Å²) in [4.78, 5) is 12.6. The summed E-state index contributed by atoms with van der Waals surface area (Å²) in [6.45, 7) is 3.75. The number of nitrogens with zero attached hydrogens (tertiary/aromatic N) is 1. The fourth-order valence-electron chi connectivity index (χ4n) is 2.25. The Morgan fingerprint density at radius 2 is 1.95 bits per heavy atom. The Morgan fingerprint density at radius 1 is 1.24 bits per heavy atom. The Bertz CT molecular complexity index is 749. The molecule has 0 N–H and O–H groups in total. The zero-order valence-corrected chi connectivity index (χ0v) is 12.4. The first-order valence-corrected chi connectivity index (χ1v) is 6.78. The largest absolute Gasteiger partial charge is 0.292 e. The predicted molar refractivity (Wildman–Crippen MR) is 80.0 cm³/mol. The van der Waals surface area contributed by atoms with Crippen molar-refractivity contribution in [3.8, 4) is 6.07 Å². The SMILES string of the molecule is Cc1ccc(C(=O)C(C#N)c2ccc(F)cc2Cl)c(C)c1. The van der Waals surface area contributed by atoms with Gasteiger partial charge in [0.2, 0.25) is 0 Å². The van der Waals surface area contributed by atoms with Crippen LogP contribution in [0.4, 0.5) is 4.39 Å². The van der Waals surface area contributed by atoms with Crippen LogP contribution in [-0.2, 0) is 0 Å². The Balaban J connectivity index is 2.46. The van der Waals surface area contributed by atoms with E-state index >= 15 is 0 Å². The van der Waals surface area contributed by atoms with Crippen molar-refractivity contribution in [1.29, 1.82) is 5.26 Å². The van der Waals surface area contributed by atoms with E-state index in [0.717, 1.165) is 17.2 Å². The van der Waals surface area contributed by atoms with E-state index < -0.39 is 11.7 Å². The second kappa shape index (κ2) is 6.07. The van der Waals surface area contributed by atoms with Crippen LogP contribution in [0.5, 0.6) is 0 Å². The lowest BCUT2D eigenvalue weighted by Gasteiger charge is -2.12. The summed E-state index contributed by atoms with van der Waals surface area (Å²) in [5, 5.41) is 9.41. The monoisotopic (exact) mass is 301 g/mol. The molecule has 2 nitrogen and oxygen atoms in total. The zero-order valence-electron chi connectivity index (χ0n) is 11.7. The van der Waals surface area contributed by atoms with Crippen molar-refractivity contribution in [2.24, 2.45) is 0 Å². The summed E-state index contributed by atoms with van der Waals surface area (Å²) in [6.07, 6.45) is 0. The van der Waals surface area contributed by atoms with Gasteiger partial charge in [0, 0.05) is 10.6 Å². The van der Waals surface area contributed by atoms with Gasteiger partial charge in [0.1, 0.15) is 11.7 Å². The molecule has 0 spiro atoms. The van der Waals surface area contributed by atoms with Crippen molar-refractivity contribution in [3.05, 3.63) is 69.5 Å². The number of carbonyl (C=O) groups is 1. The highest BCUT2D eigenvalue weighted by molar-refractivity contribution is 6.31. The van der Waals surface area contributed by atoms with Crippen LogP contribution in [0.3, 0.4) is 0 Å². The fraction of sp³-hybridized carbons (Fsp3) is 0.176. The minimum absolute atomic E-state index is 0.0830. The molecule has 2 rings (SSSR count). The Morgan fingerprint density at radius 3 is 2.52 bits per heavy atom. The molecule has 106 valence electrons. The maximum absolute atomic E-state index is 13.1. The first-order valence-electron chi connectivity index (χ1n) is 6.40. The maximum atomic E-state index is 13.1. The van der Waals surface area contributed by atoms with Crippen LogP contribution in [-0.4, -0.2) is 5.78 Å². The van der Waals surface area contributed by atoms with Gasteiger partial charge >= 0.3 is 0 Å². The number of aryl methyl sites for hydroxylation is 2. The second-order valence-corrected chi connectivity index (χ2v) is 5.32. The molecule has 21 heavy (non-hydrogen) atoms. The molecule has 2 aromatic rings. The molecule has 4 heteroatoms. The van der Waals surface area contributed by atoms with E-state index in [0.29, 0.717) is 11.1 Å². The molecule has 0 saturated carbocycles. The third-order valence-corrected chi connectivity index (χ3v) is 3.64. The average molecular weight is 302 g/mol. The van der Waals surface area contributed by atoms with Crippen LogP contribution in [0.2, 0.25) is 5.02 Å². The molecule has 0 bridgehead atoms. The molecular weight excluding hydrogens is 289 g/mol. The van der Waals surface area contributed by atoms with Gasteiger partial charge in [0.15, 0.2) is 5.78 Å². The van der Waals surface area contributed by atoms with Crippen LogP contribution >= 0.6 is 11.6 Å². The molecule has 0 heterocycles. The van der Waals surface area contributed by atoms with Gasteiger partial charge in [-0.05, 0) is 37.1 Å². The summed E-state index contributed by atoms with van der Waals surface area (Å²) >= 11 is 5.96. The molecule has 0 saturated heterocycles. The van der Waals surface area contributed by atoms with Gasteiger partial charge < -0.3 is 0 Å². The lowest BCUT2D eigenvalue weighted by Crippen LogP contribution is -2.13. The summed E-state index contributed by atoms with van der Waals surface area (Å²) in [5.74, 6) is -1.87. The second-order valence-electron chi connectivity index (χ2n) is 4.91. The van der Waals surface area contributed by atoms with E-state index in [-0.39, 0.29) is 10.8 Å². The van der Waals surface area contributed by atoms with Crippen LogP contribution in [0.1, 0.15) is 33.0 Å². The van der Waals surface area contributed by atoms with Gasteiger partial charge in [-0.15, -0.1) is 0 Å². The minimum Gasteiger partial charge on any atom is -0.292 e. The van der Waals surface area contributed by atoms with Crippen molar-refractivity contribution in [1.82, 2.24) is 0 Å². The van der Waals surface area contributed by atoms with Gasteiger partial charge in [-0.1, -0.05) is 41.4 Å². The lowest BCUT2D eigenvalue weighted by atomic mass is 9.89. The molecule has 0 aliphatic heterocycles. The molecule has 2 aromatic carbocycles. The van der Waals surface area contributed by atoms with Crippen molar-refractivity contribution >= 4 is 17.4 Å². The minimum atomic E-state index is -1.04. The summed E-state index contributed by atoms with van der Waals surface area (Å²) in [7, 11) is 0. The van der Waals surface area contributed by atoms with Crippen LogP contribution in [0.15, 0.2) is 36.4 Å². The van der Waals surface area contributed by atoms with E-state index in [1.807, 2.05) is 32.0 Å². The molecule has 0 amide bonds. The summed E-state index contributed by atoms with van der Waals surface area (Å²) < 4.78 is 13.1. The smallest absolute Gasteiger partial charge is 0.184 e. The van der Waals surface area contributed by atoms with Gasteiger partial charge in [-0.3, -0.25) is 4.79 Å². The number of benzene rings is 2. The number of halogens is 2. The number of Topliss-reactive ketones (excluding diaryl/α,β-unsaturated/α-hetero) is 1. The number of carbonyl (C=O) groups excluding carboxylic acids is 1. The number of hydrogen-bond acceptors (Lipinski definition) is 2. The molecule has 0 aliphatic carbocycles. The van der Waals surface area contributed by atoms with Gasteiger partial charge in [-0.2, -0.15) is 5.26 Å². The predicted octanol–water partition coefficient (Wildman–Crippen LogP) is 4.59. The highest BCUT2D eigenvalue weighted by atomic mass is 35.5. The Hall–Kier alpha value is -2.18. The van der Waals surface area contributed by atoms with E-state index in [1.165, 1.54) is 12.1 Å². The van der Waals surface area contributed by atoms with E-state index in [9.17, 15) is 14.4 Å². The first-order chi connectivity index (χ1) is 9.93. The third-order valence-electron chi connectivity index (χ3n) is 3.31.